The van der Waals surface area contributed by atoms with Crippen molar-refractivity contribution in [3.8, 4) is 12.3 Å². The summed E-state index contributed by atoms with van der Waals surface area (Å²) in [5, 5.41) is 12.0. The molecule has 4 nitrogen and oxygen atoms in total. The number of carbonyl (C=O) groups excluding carboxylic acids is 1. The zero-order chi connectivity index (χ0) is 15.2. The summed E-state index contributed by atoms with van der Waals surface area (Å²) in [6.45, 7) is 3.56. The van der Waals surface area contributed by atoms with E-state index in [9.17, 15) is 14.7 Å². The standard InChI is InChI=1S/C16H19NO3/c1-4-12-8-7-9-13(10-12)17-14(18)11-16(5-2,6-3)15(19)20/h1,7-10H,5-6,11H2,2-3H3,(H,17,18)(H,19,20). The molecular formula is C16H19NO3. The summed E-state index contributed by atoms with van der Waals surface area (Å²) < 4.78 is 0. The van der Waals surface area contributed by atoms with Crippen molar-refractivity contribution in [1.82, 2.24) is 0 Å². The van der Waals surface area contributed by atoms with Crippen LogP contribution in [0.25, 0.3) is 0 Å². The van der Waals surface area contributed by atoms with E-state index in [0.29, 0.717) is 24.1 Å². The summed E-state index contributed by atoms with van der Waals surface area (Å²) in [5.74, 6) is 1.23. The predicted octanol–water partition coefficient (Wildman–Crippen LogP) is 2.89. The molecule has 4 heteroatoms. The lowest BCUT2D eigenvalue weighted by Crippen LogP contribution is -2.34. The van der Waals surface area contributed by atoms with Crippen molar-refractivity contribution in [2.75, 3.05) is 5.32 Å². The van der Waals surface area contributed by atoms with E-state index in [2.05, 4.69) is 11.2 Å². The van der Waals surface area contributed by atoms with Gasteiger partial charge in [0.2, 0.25) is 5.91 Å². The maximum Gasteiger partial charge on any atom is 0.310 e. The highest BCUT2D eigenvalue weighted by Crippen LogP contribution is 2.31. The van der Waals surface area contributed by atoms with Crippen LogP contribution in [0.3, 0.4) is 0 Å². The summed E-state index contributed by atoms with van der Waals surface area (Å²) in [5.41, 5.74) is 0.239. The molecule has 0 atom stereocenters. The van der Waals surface area contributed by atoms with Gasteiger partial charge < -0.3 is 10.4 Å². The average Bonchev–Trinajstić information content (AvgIpc) is 2.44. The summed E-state index contributed by atoms with van der Waals surface area (Å²) in [6, 6.07) is 6.90. The molecule has 20 heavy (non-hydrogen) atoms. The van der Waals surface area contributed by atoms with Gasteiger partial charge in [0.05, 0.1) is 5.41 Å². The fourth-order valence-corrected chi connectivity index (χ4v) is 2.08. The summed E-state index contributed by atoms with van der Waals surface area (Å²) in [7, 11) is 0. The highest BCUT2D eigenvalue weighted by molar-refractivity contribution is 5.94. The van der Waals surface area contributed by atoms with Crippen LogP contribution < -0.4 is 5.32 Å². The Kier molecular flexibility index (Phi) is 5.33. The molecule has 0 unspecified atom stereocenters. The van der Waals surface area contributed by atoms with Gasteiger partial charge in [0.1, 0.15) is 0 Å². The van der Waals surface area contributed by atoms with Crippen molar-refractivity contribution in [2.24, 2.45) is 5.41 Å². The first-order chi connectivity index (χ1) is 9.47. The molecule has 0 aromatic heterocycles. The Morgan fingerprint density at radius 1 is 1.35 bits per heavy atom. The van der Waals surface area contributed by atoms with E-state index in [4.69, 9.17) is 6.42 Å². The molecule has 0 saturated heterocycles. The number of terminal acetylenes is 1. The molecule has 0 radical (unpaired) electrons. The van der Waals surface area contributed by atoms with Gasteiger partial charge in [0.25, 0.3) is 0 Å². The number of carbonyl (C=O) groups is 2. The Morgan fingerprint density at radius 3 is 2.50 bits per heavy atom. The van der Waals surface area contributed by atoms with Crippen LogP contribution in [0.1, 0.15) is 38.7 Å². The number of anilines is 1. The third-order valence-electron chi connectivity index (χ3n) is 3.62. The van der Waals surface area contributed by atoms with Crippen molar-refractivity contribution < 1.29 is 14.7 Å². The van der Waals surface area contributed by atoms with Crippen LogP contribution >= 0.6 is 0 Å². The Hall–Kier alpha value is -2.28. The normalized spacial score (nSPS) is 10.7. The summed E-state index contributed by atoms with van der Waals surface area (Å²) in [6.07, 6.45) is 6.07. The van der Waals surface area contributed by atoms with Crippen molar-refractivity contribution >= 4 is 17.6 Å². The van der Waals surface area contributed by atoms with E-state index in [0.717, 1.165) is 0 Å². The lowest BCUT2D eigenvalue weighted by atomic mass is 9.79. The van der Waals surface area contributed by atoms with Gasteiger partial charge in [-0.2, -0.15) is 0 Å². The van der Waals surface area contributed by atoms with Gasteiger partial charge in [-0.25, -0.2) is 0 Å². The highest BCUT2D eigenvalue weighted by Gasteiger charge is 2.37. The number of rotatable bonds is 6. The Balaban J connectivity index is 2.81. The van der Waals surface area contributed by atoms with E-state index in [1.165, 1.54) is 0 Å². The lowest BCUT2D eigenvalue weighted by Gasteiger charge is -2.25. The van der Waals surface area contributed by atoms with Crippen molar-refractivity contribution in [3.63, 3.8) is 0 Å². The minimum absolute atomic E-state index is 0.0460. The molecule has 2 N–H and O–H groups in total. The minimum atomic E-state index is -1.01. The van der Waals surface area contributed by atoms with Crippen LogP contribution in [0.15, 0.2) is 24.3 Å². The van der Waals surface area contributed by atoms with Gasteiger partial charge in [-0.3, -0.25) is 9.59 Å². The molecule has 0 heterocycles. The molecule has 0 fully saturated rings. The third-order valence-corrected chi connectivity index (χ3v) is 3.62. The number of aliphatic carboxylic acids is 1. The average molecular weight is 273 g/mol. The second-order valence-electron chi connectivity index (χ2n) is 4.74. The fourth-order valence-electron chi connectivity index (χ4n) is 2.08. The number of nitrogens with one attached hydrogen (secondary N) is 1. The third kappa shape index (κ3) is 3.61. The van der Waals surface area contributed by atoms with Gasteiger partial charge in [0, 0.05) is 17.7 Å². The van der Waals surface area contributed by atoms with Crippen molar-refractivity contribution in [2.45, 2.75) is 33.1 Å². The van der Waals surface area contributed by atoms with Gasteiger partial charge >= 0.3 is 5.97 Å². The maximum atomic E-state index is 12.0. The number of carboxylic acid groups (broad SMARTS) is 1. The van der Waals surface area contributed by atoms with Gasteiger partial charge in [-0.15, -0.1) is 6.42 Å². The predicted molar refractivity (Wildman–Crippen MR) is 78.3 cm³/mol. The van der Waals surface area contributed by atoms with Gasteiger partial charge in [-0.1, -0.05) is 25.8 Å². The minimum Gasteiger partial charge on any atom is -0.481 e. The number of amides is 1. The van der Waals surface area contributed by atoms with Crippen molar-refractivity contribution in [1.29, 1.82) is 0 Å². The molecule has 1 aromatic rings. The van der Waals surface area contributed by atoms with E-state index in [-0.39, 0.29) is 12.3 Å². The SMILES string of the molecule is C#Cc1cccc(NC(=O)CC(CC)(CC)C(=O)O)c1. The van der Waals surface area contributed by atoms with E-state index in [1.807, 2.05) is 0 Å². The smallest absolute Gasteiger partial charge is 0.310 e. The first kappa shape index (κ1) is 15.8. The largest absolute Gasteiger partial charge is 0.481 e. The van der Waals surface area contributed by atoms with E-state index >= 15 is 0 Å². The molecule has 1 rings (SSSR count). The Labute approximate surface area is 119 Å². The van der Waals surface area contributed by atoms with Crippen LogP contribution in [0.2, 0.25) is 0 Å². The molecule has 1 amide bonds. The molecule has 0 saturated carbocycles. The quantitative estimate of drug-likeness (QED) is 0.783. The Morgan fingerprint density at radius 2 is 2.00 bits per heavy atom. The molecule has 0 bridgehead atoms. The number of benzene rings is 1. The van der Waals surface area contributed by atoms with Crippen molar-refractivity contribution in [3.05, 3.63) is 29.8 Å². The zero-order valence-corrected chi connectivity index (χ0v) is 11.8. The molecule has 0 aliphatic rings. The molecule has 0 aliphatic carbocycles. The molecular weight excluding hydrogens is 254 g/mol. The van der Waals surface area contributed by atoms with Crippen LogP contribution in [-0.2, 0) is 9.59 Å². The zero-order valence-electron chi connectivity index (χ0n) is 11.8. The first-order valence-electron chi connectivity index (χ1n) is 6.57. The number of hydrogen-bond donors (Lipinski definition) is 2. The van der Waals surface area contributed by atoms with Gasteiger partial charge in [0.15, 0.2) is 0 Å². The second kappa shape index (κ2) is 6.76. The fraction of sp³-hybridized carbons (Fsp3) is 0.375. The molecule has 0 aliphatic heterocycles. The second-order valence-corrected chi connectivity index (χ2v) is 4.74. The highest BCUT2D eigenvalue weighted by atomic mass is 16.4. The summed E-state index contributed by atoms with van der Waals surface area (Å²) in [4.78, 5) is 23.4. The summed E-state index contributed by atoms with van der Waals surface area (Å²) >= 11 is 0. The maximum absolute atomic E-state index is 12.0. The van der Waals surface area contributed by atoms with Crippen LogP contribution in [0, 0.1) is 17.8 Å². The van der Waals surface area contributed by atoms with E-state index in [1.54, 1.807) is 38.1 Å². The van der Waals surface area contributed by atoms with Crippen LogP contribution in [0.5, 0.6) is 0 Å². The number of hydrogen-bond acceptors (Lipinski definition) is 2. The monoisotopic (exact) mass is 273 g/mol. The number of carboxylic acids is 1. The molecule has 1 aromatic carbocycles. The Bertz CT molecular complexity index is 539. The lowest BCUT2D eigenvalue weighted by molar-refractivity contribution is -0.151. The van der Waals surface area contributed by atoms with E-state index < -0.39 is 11.4 Å². The topological polar surface area (TPSA) is 66.4 Å². The molecule has 106 valence electrons. The van der Waals surface area contributed by atoms with Crippen LogP contribution in [-0.4, -0.2) is 17.0 Å². The van der Waals surface area contributed by atoms with Gasteiger partial charge in [-0.05, 0) is 31.0 Å². The first-order valence-corrected chi connectivity index (χ1v) is 6.57. The molecule has 0 spiro atoms. The van der Waals surface area contributed by atoms with Crippen LogP contribution in [0.4, 0.5) is 5.69 Å².